The van der Waals surface area contributed by atoms with Crippen molar-refractivity contribution in [3.63, 3.8) is 0 Å². The zero-order valence-corrected chi connectivity index (χ0v) is 6.91. The maximum atomic E-state index is 12.2. The van der Waals surface area contributed by atoms with Crippen molar-refractivity contribution < 1.29 is 4.39 Å². The van der Waals surface area contributed by atoms with Crippen molar-refractivity contribution in [2.24, 2.45) is 5.92 Å². The first-order valence-electron chi connectivity index (χ1n) is 4.18. The highest BCUT2D eigenvalue weighted by atomic mass is 19.1. The molecule has 1 unspecified atom stereocenters. The minimum atomic E-state index is -0.178. The van der Waals surface area contributed by atoms with Gasteiger partial charge in [-0.1, -0.05) is 18.7 Å². The molecular formula is C10H15F. The molecule has 0 aromatic heterocycles. The van der Waals surface area contributed by atoms with Gasteiger partial charge in [0.1, 0.15) is 0 Å². The van der Waals surface area contributed by atoms with Crippen LogP contribution in [0, 0.1) is 5.92 Å². The molecule has 1 aliphatic rings. The van der Waals surface area contributed by atoms with E-state index in [-0.39, 0.29) is 5.83 Å². The molecule has 62 valence electrons. The minimum absolute atomic E-state index is 0.178. The molecule has 0 bridgehead atoms. The Morgan fingerprint density at radius 3 is 2.82 bits per heavy atom. The molecule has 1 rings (SSSR count). The zero-order chi connectivity index (χ0) is 8.27. The summed E-state index contributed by atoms with van der Waals surface area (Å²) in [7, 11) is 0. The summed E-state index contributed by atoms with van der Waals surface area (Å²) < 4.78 is 12.2. The highest BCUT2D eigenvalue weighted by Crippen LogP contribution is 2.32. The van der Waals surface area contributed by atoms with Crippen molar-refractivity contribution >= 4 is 0 Å². The summed E-state index contributed by atoms with van der Waals surface area (Å²) in [5.41, 5.74) is 1.33. The van der Waals surface area contributed by atoms with Gasteiger partial charge in [0, 0.05) is 0 Å². The van der Waals surface area contributed by atoms with Gasteiger partial charge in [0.15, 0.2) is 0 Å². The summed E-state index contributed by atoms with van der Waals surface area (Å²) in [6.45, 7) is 7.16. The molecule has 0 aliphatic heterocycles. The first-order chi connectivity index (χ1) is 5.18. The molecule has 0 nitrogen and oxygen atoms in total. The molecule has 0 spiro atoms. The Balaban J connectivity index is 2.18. The molecule has 1 fully saturated rings. The Hall–Kier alpha value is -0.590. The number of hydrogen-bond donors (Lipinski definition) is 0. The summed E-state index contributed by atoms with van der Waals surface area (Å²) in [6, 6.07) is 0. The summed E-state index contributed by atoms with van der Waals surface area (Å²) in [5.74, 6) is 0.498. The Labute approximate surface area is 67.8 Å². The standard InChI is InChI=1S/C10H15F/c1-8-3-5-10(7-8)6-4-9(2)11/h10H,1-7H2. The second-order valence-corrected chi connectivity index (χ2v) is 3.41. The fourth-order valence-corrected chi connectivity index (χ4v) is 1.63. The van der Waals surface area contributed by atoms with E-state index in [1.165, 1.54) is 12.0 Å². The van der Waals surface area contributed by atoms with Gasteiger partial charge >= 0.3 is 0 Å². The van der Waals surface area contributed by atoms with Crippen molar-refractivity contribution in [2.75, 3.05) is 0 Å². The minimum Gasteiger partial charge on any atom is -0.212 e. The van der Waals surface area contributed by atoms with Gasteiger partial charge in [-0.05, 0) is 38.0 Å². The van der Waals surface area contributed by atoms with Gasteiger partial charge in [-0.2, -0.15) is 0 Å². The normalized spacial score (nSPS) is 24.1. The lowest BCUT2D eigenvalue weighted by atomic mass is 10.0. The van der Waals surface area contributed by atoms with Crippen LogP contribution < -0.4 is 0 Å². The zero-order valence-electron chi connectivity index (χ0n) is 6.91. The van der Waals surface area contributed by atoms with Gasteiger partial charge in [0.25, 0.3) is 0 Å². The first kappa shape index (κ1) is 8.51. The molecule has 1 atom stereocenters. The molecular weight excluding hydrogens is 139 g/mol. The predicted molar refractivity (Wildman–Crippen MR) is 46.0 cm³/mol. The number of allylic oxidation sites excluding steroid dienone is 2. The van der Waals surface area contributed by atoms with E-state index in [2.05, 4.69) is 13.2 Å². The van der Waals surface area contributed by atoms with Crippen LogP contribution in [-0.2, 0) is 0 Å². The lowest BCUT2D eigenvalue weighted by molar-refractivity contribution is 0.472. The fourth-order valence-electron chi connectivity index (χ4n) is 1.63. The van der Waals surface area contributed by atoms with Crippen molar-refractivity contribution in [3.05, 3.63) is 24.6 Å². The molecule has 0 aromatic rings. The summed E-state index contributed by atoms with van der Waals surface area (Å²) in [4.78, 5) is 0. The van der Waals surface area contributed by atoms with Crippen LogP contribution in [0.2, 0.25) is 0 Å². The van der Waals surface area contributed by atoms with Crippen LogP contribution in [0.3, 0.4) is 0 Å². The average Bonchev–Trinajstić information content (AvgIpc) is 2.31. The van der Waals surface area contributed by atoms with Gasteiger partial charge in [-0.25, -0.2) is 4.39 Å². The lowest BCUT2D eigenvalue weighted by Gasteiger charge is -2.05. The molecule has 1 saturated carbocycles. The Morgan fingerprint density at radius 1 is 1.64 bits per heavy atom. The van der Waals surface area contributed by atoms with Gasteiger partial charge in [-0.15, -0.1) is 0 Å². The van der Waals surface area contributed by atoms with Crippen molar-refractivity contribution in [2.45, 2.75) is 32.1 Å². The van der Waals surface area contributed by atoms with Crippen LogP contribution in [0.25, 0.3) is 0 Å². The molecule has 0 amide bonds. The summed E-state index contributed by atoms with van der Waals surface area (Å²) in [5, 5.41) is 0. The molecule has 0 heterocycles. The Morgan fingerprint density at radius 2 is 2.36 bits per heavy atom. The monoisotopic (exact) mass is 154 g/mol. The topological polar surface area (TPSA) is 0 Å². The van der Waals surface area contributed by atoms with Crippen LogP contribution in [0.5, 0.6) is 0 Å². The molecule has 0 N–H and O–H groups in total. The van der Waals surface area contributed by atoms with Crippen LogP contribution in [0.1, 0.15) is 32.1 Å². The van der Waals surface area contributed by atoms with E-state index in [0.29, 0.717) is 12.3 Å². The third-order valence-corrected chi connectivity index (χ3v) is 2.31. The van der Waals surface area contributed by atoms with Crippen LogP contribution >= 0.6 is 0 Å². The lowest BCUT2D eigenvalue weighted by Crippen LogP contribution is -1.92. The molecule has 0 saturated heterocycles. The molecule has 1 heteroatoms. The largest absolute Gasteiger partial charge is 0.212 e. The first-order valence-corrected chi connectivity index (χ1v) is 4.18. The van der Waals surface area contributed by atoms with Gasteiger partial charge < -0.3 is 0 Å². The van der Waals surface area contributed by atoms with Gasteiger partial charge in [-0.3, -0.25) is 0 Å². The van der Waals surface area contributed by atoms with E-state index in [9.17, 15) is 4.39 Å². The SMILES string of the molecule is C=C(F)CCC1CCC(=C)C1. The van der Waals surface area contributed by atoms with Crippen molar-refractivity contribution in [1.29, 1.82) is 0 Å². The predicted octanol–water partition coefficient (Wildman–Crippen LogP) is 3.61. The fraction of sp³-hybridized carbons (Fsp3) is 0.600. The van der Waals surface area contributed by atoms with E-state index in [1.807, 2.05) is 0 Å². The second kappa shape index (κ2) is 3.70. The third-order valence-electron chi connectivity index (χ3n) is 2.31. The third kappa shape index (κ3) is 2.87. The number of rotatable bonds is 3. The summed E-state index contributed by atoms with van der Waals surface area (Å²) in [6.07, 6.45) is 4.94. The smallest absolute Gasteiger partial charge is 0.0928 e. The Kier molecular flexibility index (Phi) is 2.86. The Bertz CT molecular complexity index is 170. The second-order valence-electron chi connectivity index (χ2n) is 3.41. The van der Waals surface area contributed by atoms with E-state index < -0.39 is 0 Å². The molecule has 11 heavy (non-hydrogen) atoms. The quantitative estimate of drug-likeness (QED) is 0.545. The maximum absolute atomic E-state index is 12.2. The number of halogens is 1. The molecule has 0 radical (unpaired) electrons. The summed E-state index contributed by atoms with van der Waals surface area (Å²) >= 11 is 0. The number of hydrogen-bond acceptors (Lipinski definition) is 0. The highest BCUT2D eigenvalue weighted by molar-refractivity contribution is 5.02. The average molecular weight is 154 g/mol. The van der Waals surface area contributed by atoms with Gasteiger partial charge in [0.05, 0.1) is 5.83 Å². The van der Waals surface area contributed by atoms with Crippen LogP contribution in [-0.4, -0.2) is 0 Å². The van der Waals surface area contributed by atoms with Crippen LogP contribution in [0.15, 0.2) is 24.6 Å². The maximum Gasteiger partial charge on any atom is 0.0928 e. The van der Waals surface area contributed by atoms with Crippen molar-refractivity contribution in [3.8, 4) is 0 Å². The molecule has 1 aliphatic carbocycles. The van der Waals surface area contributed by atoms with E-state index in [4.69, 9.17) is 0 Å². The van der Waals surface area contributed by atoms with E-state index >= 15 is 0 Å². The van der Waals surface area contributed by atoms with Gasteiger partial charge in [0.2, 0.25) is 0 Å². The molecule has 0 aromatic carbocycles. The van der Waals surface area contributed by atoms with Crippen LogP contribution in [0.4, 0.5) is 4.39 Å². The van der Waals surface area contributed by atoms with E-state index in [1.54, 1.807) is 0 Å². The van der Waals surface area contributed by atoms with Crippen molar-refractivity contribution in [1.82, 2.24) is 0 Å². The van der Waals surface area contributed by atoms with E-state index in [0.717, 1.165) is 19.3 Å². The highest BCUT2D eigenvalue weighted by Gasteiger charge is 2.17.